The van der Waals surface area contributed by atoms with Crippen LogP contribution in [0.2, 0.25) is 0 Å². The molecule has 0 aromatic heterocycles. The normalized spacial score (nSPS) is 6.17. The van der Waals surface area contributed by atoms with Gasteiger partial charge in [0.05, 0.1) is 5.75 Å². The van der Waals surface area contributed by atoms with E-state index in [0.717, 1.165) is 0 Å². The summed E-state index contributed by atoms with van der Waals surface area (Å²) in [6.07, 6.45) is 0. The topological polar surface area (TPSA) is 37.3 Å². The minimum Gasteiger partial charge on any atom is -1.00 e. The number of carboxylic acids is 1. The van der Waals surface area contributed by atoms with Gasteiger partial charge in [-0.1, -0.05) is 0 Å². The zero-order chi connectivity index (χ0) is 4.28. The first-order valence-corrected chi connectivity index (χ1v) is 1.73. The van der Waals surface area contributed by atoms with E-state index < -0.39 is 5.97 Å². The number of carboxylic acid groups (broad SMARTS) is 1. The maximum atomic E-state index is 9.29. The predicted molar refractivity (Wildman–Crippen MR) is 29.5 cm³/mol. The molecule has 0 aliphatic rings. The van der Waals surface area contributed by atoms with Crippen LogP contribution in [-0.2, 0) is 4.79 Å². The number of hydrogen-bond donors (Lipinski definition) is 2. The van der Waals surface area contributed by atoms with Crippen LogP contribution >= 0.6 is 12.6 Å². The number of hydrogen-bond acceptors (Lipinski definition) is 2. The molecular formula is C2H6MgO2S. The molecule has 0 aromatic carbocycles. The number of carbonyl (C=O) groups is 1. The Morgan fingerprint density at radius 1 is 2.00 bits per heavy atom. The molecule has 0 unspecified atom stereocenters. The standard InChI is InChI=1S/C2H4O2S.Mg.2H/c3-2(4)1-5;;;/h5H,1H2,(H,3,4);;;/q;+2;2*-1. The monoisotopic (exact) mass is 118 g/mol. The Bertz CT molecular complexity index is 53.3. The maximum absolute atomic E-state index is 9.29. The van der Waals surface area contributed by atoms with Gasteiger partial charge in [0, 0.05) is 0 Å². The minimum atomic E-state index is -0.881. The summed E-state index contributed by atoms with van der Waals surface area (Å²) in [5.41, 5.74) is 0. The van der Waals surface area contributed by atoms with Crippen molar-refractivity contribution in [3.8, 4) is 0 Å². The smallest absolute Gasteiger partial charge is 1.00 e. The van der Waals surface area contributed by atoms with E-state index in [4.69, 9.17) is 5.11 Å². The molecule has 0 radical (unpaired) electrons. The molecule has 4 heteroatoms. The Balaban J connectivity index is -0.0000000267. The molecule has 2 nitrogen and oxygen atoms in total. The van der Waals surface area contributed by atoms with Gasteiger partial charge in [-0.05, 0) is 0 Å². The molecule has 0 aromatic rings. The van der Waals surface area contributed by atoms with Crippen molar-refractivity contribution < 1.29 is 12.8 Å². The summed E-state index contributed by atoms with van der Waals surface area (Å²) in [6, 6.07) is 0. The van der Waals surface area contributed by atoms with Gasteiger partial charge < -0.3 is 7.96 Å². The van der Waals surface area contributed by atoms with Gasteiger partial charge >= 0.3 is 29.0 Å². The summed E-state index contributed by atoms with van der Waals surface area (Å²) in [6.45, 7) is 0. The van der Waals surface area contributed by atoms with E-state index >= 15 is 0 Å². The largest absolute Gasteiger partial charge is 2.00 e. The SMILES string of the molecule is O=C(O)CS.[H-].[H-].[Mg+2]. The quantitative estimate of drug-likeness (QED) is 0.371. The van der Waals surface area contributed by atoms with Crippen molar-refractivity contribution in [2.45, 2.75) is 0 Å². The van der Waals surface area contributed by atoms with Crippen molar-refractivity contribution in [1.29, 1.82) is 0 Å². The molecule has 34 valence electrons. The average Bonchev–Trinajstić information content (AvgIpc) is 1.38. The Morgan fingerprint density at radius 3 is 2.17 bits per heavy atom. The Hall–Kier alpha value is 0.586. The van der Waals surface area contributed by atoms with Crippen molar-refractivity contribution in [3.05, 3.63) is 0 Å². The van der Waals surface area contributed by atoms with Gasteiger partial charge in [0.25, 0.3) is 0 Å². The van der Waals surface area contributed by atoms with Crippen molar-refractivity contribution in [2.75, 3.05) is 5.75 Å². The third-order valence-corrected chi connectivity index (χ3v) is 0.406. The van der Waals surface area contributed by atoms with Gasteiger partial charge in [-0.3, -0.25) is 4.79 Å². The molecule has 1 N–H and O–H groups in total. The molecule has 0 atom stereocenters. The van der Waals surface area contributed by atoms with Crippen LogP contribution in [0.1, 0.15) is 2.85 Å². The van der Waals surface area contributed by atoms with E-state index in [-0.39, 0.29) is 31.7 Å². The zero-order valence-electron chi connectivity index (χ0n) is 5.22. The van der Waals surface area contributed by atoms with Gasteiger partial charge in [0.1, 0.15) is 0 Å². The fourth-order valence-electron chi connectivity index (χ4n) is 0. The molecule has 6 heavy (non-hydrogen) atoms. The second kappa shape index (κ2) is 5.59. The molecule has 0 saturated heterocycles. The van der Waals surface area contributed by atoms with E-state index in [9.17, 15) is 4.79 Å². The van der Waals surface area contributed by atoms with Gasteiger partial charge in [0.15, 0.2) is 0 Å². The van der Waals surface area contributed by atoms with Crippen LogP contribution < -0.4 is 0 Å². The van der Waals surface area contributed by atoms with Gasteiger partial charge in [-0.2, -0.15) is 12.6 Å². The van der Waals surface area contributed by atoms with E-state index in [1.54, 1.807) is 0 Å². The first-order chi connectivity index (χ1) is 2.27. The molecule has 0 aliphatic heterocycles. The maximum Gasteiger partial charge on any atom is 2.00 e. The second-order valence-corrected chi connectivity index (χ2v) is 0.868. The van der Waals surface area contributed by atoms with Crippen molar-refractivity contribution in [2.24, 2.45) is 0 Å². The Kier molecular flexibility index (Phi) is 9.10. The van der Waals surface area contributed by atoms with Crippen LogP contribution in [0.5, 0.6) is 0 Å². The van der Waals surface area contributed by atoms with Crippen LogP contribution in [-0.4, -0.2) is 39.9 Å². The molecule has 0 spiro atoms. The van der Waals surface area contributed by atoms with Crippen LogP contribution in [0.25, 0.3) is 0 Å². The van der Waals surface area contributed by atoms with Crippen LogP contribution in [0, 0.1) is 0 Å². The average molecular weight is 118 g/mol. The summed E-state index contributed by atoms with van der Waals surface area (Å²) in [4.78, 5) is 9.29. The molecule has 0 saturated carbocycles. The number of aliphatic carboxylic acids is 1. The van der Waals surface area contributed by atoms with Crippen molar-refractivity contribution >= 4 is 41.7 Å². The molecule has 0 aliphatic carbocycles. The van der Waals surface area contributed by atoms with Crippen molar-refractivity contribution in [1.82, 2.24) is 0 Å². The fraction of sp³-hybridized carbons (Fsp3) is 0.500. The summed E-state index contributed by atoms with van der Waals surface area (Å²) in [5, 5.41) is 7.65. The molecule has 0 heterocycles. The number of rotatable bonds is 1. The Morgan fingerprint density at radius 2 is 2.17 bits per heavy atom. The molecule has 0 rings (SSSR count). The molecule has 0 bridgehead atoms. The predicted octanol–water partition coefficient (Wildman–Crippen LogP) is -0.155. The summed E-state index contributed by atoms with van der Waals surface area (Å²) < 4.78 is 0. The first kappa shape index (κ1) is 9.77. The van der Waals surface area contributed by atoms with Crippen LogP contribution in [0.15, 0.2) is 0 Å². The minimum absolute atomic E-state index is 0. The van der Waals surface area contributed by atoms with Crippen molar-refractivity contribution in [3.63, 3.8) is 0 Å². The van der Waals surface area contributed by atoms with E-state index in [1.165, 1.54) is 0 Å². The van der Waals surface area contributed by atoms with Gasteiger partial charge in [-0.25, -0.2) is 0 Å². The fourth-order valence-corrected chi connectivity index (χ4v) is 0. The second-order valence-electron chi connectivity index (χ2n) is 0.552. The Labute approximate surface area is 60.5 Å². The van der Waals surface area contributed by atoms with E-state index in [1.807, 2.05) is 0 Å². The zero-order valence-corrected chi connectivity index (χ0v) is 5.53. The third kappa shape index (κ3) is 8.82. The summed E-state index contributed by atoms with van der Waals surface area (Å²) in [5.74, 6) is -0.965. The van der Waals surface area contributed by atoms with E-state index in [2.05, 4.69) is 12.6 Å². The third-order valence-electron chi connectivity index (χ3n) is 0.135. The number of thiol groups is 1. The van der Waals surface area contributed by atoms with Gasteiger partial charge in [-0.15, -0.1) is 0 Å². The summed E-state index contributed by atoms with van der Waals surface area (Å²) >= 11 is 3.42. The summed E-state index contributed by atoms with van der Waals surface area (Å²) in [7, 11) is 0. The molecule has 0 fully saturated rings. The van der Waals surface area contributed by atoms with Gasteiger partial charge in [0.2, 0.25) is 0 Å². The first-order valence-electron chi connectivity index (χ1n) is 1.10. The molecule has 0 amide bonds. The molecular weight excluding hydrogens is 112 g/mol. The van der Waals surface area contributed by atoms with Crippen LogP contribution in [0.3, 0.4) is 0 Å². The van der Waals surface area contributed by atoms with Crippen LogP contribution in [0.4, 0.5) is 0 Å². The van der Waals surface area contributed by atoms with E-state index in [0.29, 0.717) is 0 Å².